The van der Waals surface area contributed by atoms with Gasteiger partial charge in [0.2, 0.25) is 29.5 Å². The van der Waals surface area contributed by atoms with Gasteiger partial charge in [0.05, 0.1) is 75.1 Å². The van der Waals surface area contributed by atoms with Crippen molar-refractivity contribution in [3.63, 3.8) is 0 Å². The molecular formula is C62H69F3N16O3S. The fraction of sp³-hybridized carbons (Fsp3) is 0.387. The lowest BCUT2D eigenvalue weighted by Crippen LogP contribution is -2.61. The summed E-state index contributed by atoms with van der Waals surface area (Å²) in [6.07, 6.45) is 12.7. The molecule has 3 fully saturated rings. The van der Waals surface area contributed by atoms with Crippen LogP contribution >= 0.6 is 11.8 Å². The molecule has 442 valence electrons. The Morgan fingerprint density at radius 2 is 0.882 bits per heavy atom. The number of hydrogen-bond donors (Lipinski definition) is 0. The van der Waals surface area contributed by atoms with Crippen molar-refractivity contribution in [3.05, 3.63) is 155 Å². The van der Waals surface area contributed by atoms with Crippen LogP contribution in [-0.4, -0.2) is 159 Å². The molecule has 14 rings (SSSR count). The Morgan fingerprint density at radius 3 is 1.24 bits per heavy atom. The fourth-order valence-corrected chi connectivity index (χ4v) is 12.9. The number of anilines is 5. The summed E-state index contributed by atoms with van der Waals surface area (Å²) in [4.78, 5) is 31.3. The van der Waals surface area contributed by atoms with Gasteiger partial charge in [-0.3, -0.25) is 9.13 Å². The van der Waals surface area contributed by atoms with Gasteiger partial charge in [0, 0.05) is 111 Å². The van der Waals surface area contributed by atoms with Gasteiger partial charge in [-0.15, -0.1) is 20.4 Å². The number of nitrogens with zero attached hydrogens (tertiary/aromatic N) is 16. The minimum Gasteiger partial charge on any atom is -0.481 e. The minimum atomic E-state index is -0.0919. The maximum atomic E-state index is 14.2. The SMILES string of the molecule is COc1ccc(-n2c(C)nnc2N2CC(N3CCCc4c(F)cccc43)C2)cn1.COc1ccc(-n2c(C)nnc2N2CC(N3CCCc4c(F)cccc43)C2)cn1.COc1ccc(N=C(SC)N2CC(N3CCCc4c(F)cccc43)C2)cn1. The van der Waals surface area contributed by atoms with Gasteiger partial charge in [-0.25, -0.2) is 33.1 Å². The monoisotopic (exact) mass is 1170 g/mol. The quantitative estimate of drug-likeness (QED) is 0.0890. The Hall–Kier alpha value is -8.60. The van der Waals surface area contributed by atoms with Crippen LogP contribution in [0.1, 0.15) is 47.6 Å². The second-order valence-corrected chi connectivity index (χ2v) is 22.6. The summed E-state index contributed by atoms with van der Waals surface area (Å²) in [6, 6.07) is 28.6. The van der Waals surface area contributed by atoms with Gasteiger partial charge in [-0.2, -0.15) is 0 Å². The van der Waals surface area contributed by atoms with Crippen molar-refractivity contribution < 1.29 is 27.4 Å². The average Bonchev–Trinajstić information content (AvgIpc) is 2.29. The first-order valence-electron chi connectivity index (χ1n) is 28.8. The smallest absolute Gasteiger partial charge is 0.232 e. The number of pyridine rings is 3. The molecule has 85 heavy (non-hydrogen) atoms. The molecule has 0 aliphatic carbocycles. The van der Waals surface area contributed by atoms with E-state index in [1.54, 1.807) is 82.0 Å². The predicted octanol–water partition coefficient (Wildman–Crippen LogP) is 9.24. The molecule has 0 bridgehead atoms. The first-order valence-corrected chi connectivity index (χ1v) is 30.1. The zero-order valence-corrected chi connectivity index (χ0v) is 49.5. The van der Waals surface area contributed by atoms with Crippen LogP contribution < -0.4 is 38.7 Å². The predicted molar refractivity (Wildman–Crippen MR) is 326 cm³/mol. The second-order valence-electron chi connectivity index (χ2n) is 21.8. The third kappa shape index (κ3) is 11.6. The molecule has 0 saturated carbocycles. The number of benzene rings is 3. The van der Waals surface area contributed by atoms with Gasteiger partial charge in [-0.05, 0) is 113 Å². The van der Waals surface area contributed by atoms with E-state index < -0.39 is 0 Å². The zero-order chi connectivity index (χ0) is 58.7. The number of aryl methyl sites for hydroxylation is 2. The lowest BCUT2D eigenvalue weighted by atomic mass is 9.97. The molecule has 23 heteroatoms. The number of thioether (sulfide) groups is 1. The zero-order valence-electron chi connectivity index (χ0n) is 48.7. The van der Waals surface area contributed by atoms with E-state index >= 15 is 0 Å². The van der Waals surface area contributed by atoms with E-state index in [-0.39, 0.29) is 17.5 Å². The summed E-state index contributed by atoms with van der Waals surface area (Å²) in [7, 11) is 4.80. The van der Waals surface area contributed by atoms with Crippen LogP contribution in [0.2, 0.25) is 0 Å². The van der Waals surface area contributed by atoms with Crippen molar-refractivity contribution in [2.75, 3.05) is 111 Å². The van der Waals surface area contributed by atoms with Gasteiger partial charge in [0.25, 0.3) is 0 Å². The standard InChI is InChI=1S/2C21H23FN6O.C20H23FN4OS/c2*1-14-24-25-21(28(14)15-8-9-20(29-2)23-11-15)26-12-16(13-26)27-10-4-5-17-18(22)6-3-7-19(17)27;1-26-19-9-8-14(11-22-19)23-20(27-2)24-12-15(13-24)25-10-4-5-16-17(21)6-3-7-18(16)25/h2*3,6-9,11,16H,4-5,10,12-13H2,1-2H3;3,6-9,11,15H,4-5,10,12-13H2,1-2H3. The number of halogens is 3. The number of rotatable bonds is 11. The Morgan fingerprint density at radius 1 is 0.494 bits per heavy atom. The molecule has 5 aromatic heterocycles. The molecule has 3 saturated heterocycles. The van der Waals surface area contributed by atoms with E-state index in [1.807, 2.05) is 89.9 Å². The highest BCUT2D eigenvalue weighted by atomic mass is 32.2. The molecule has 0 N–H and O–H groups in total. The molecule has 0 radical (unpaired) electrons. The Balaban J connectivity index is 0.000000125. The maximum Gasteiger partial charge on any atom is 0.232 e. The van der Waals surface area contributed by atoms with Gasteiger partial charge >= 0.3 is 0 Å². The highest BCUT2D eigenvalue weighted by Gasteiger charge is 2.40. The van der Waals surface area contributed by atoms with Crippen molar-refractivity contribution in [1.82, 2.24) is 49.4 Å². The lowest BCUT2D eigenvalue weighted by molar-refractivity contribution is 0.244. The van der Waals surface area contributed by atoms with Crippen molar-refractivity contribution in [1.29, 1.82) is 0 Å². The molecule has 6 aliphatic heterocycles. The van der Waals surface area contributed by atoms with Gasteiger partial charge in [-0.1, -0.05) is 30.0 Å². The van der Waals surface area contributed by atoms with Gasteiger partial charge in [0.15, 0.2) is 5.17 Å². The van der Waals surface area contributed by atoms with Crippen LogP contribution in [0, 0.1) is 31.3 Å². The molecular weight excluding hydrogens is 1110 g/mol. The molecule has 0 amide bonds. The number of aliphatic imine (C=N–C) groups is 1. The first-order chi connectivity index (χ1) is 41.5. The summed E-state index contributed by atoms with van der Waals surface area (Å²) in [5.74, 6) is 4.69. The van der Waals surface area contributed by atoms with Crippen LogP contribution in [0.25, 0.3) is 11.4 Å². The van der Waals surface area contributed by atoms with E-state index in [2.05, 4.69) is 64.7 Å². The van der Waals surface area contributed by atoms with E-state index in [9.17, 15) is 13.2 Å². The maximum absolute atomic E-state index is 14.2. The molecule has 0 spiro atoms. The van der Waals surface area contributed by atoms with Gasteiger partial charge < -0.3 is 43.6 Å². The molecule has 8 aromatic rings. The summed E-state index contributed by atoms with van der Waals surface area (Å²) < 4.78 is 61.9. The molecule has 0 atom stereocenters. The average molecular weight is 1180 g/mol. The summed E-state index contributed by atoms with van der Waals surface area (Å²) >= 11 is 1.63. The highest BCUT2D eigenvalue weighted by Crippen LogP contribution is 2.38. The van der Waals surface area contributed by atoms with Crippen molar-refractivity contribution in [3.8, 4) is 29.0 Å². The van der Waals surface area contributed by atoms with E-state index in [0.29, 0.717) is 35.8 Å². The highest BCUT2D eigenvalue weighted by molar-refractivity contribution is 8.13. The van der Waals surface area contributed by atoms with E-state index in [0.717, 1.165) is 177 Å². The summed E-state index contributed by atoms with van der Waals surface area (Å²) in [6.45, 7) is 11.9. The van der Waals surface area contributed by atoms with Crippen LogP contribution in [0.3, 0.4) is 0 Å². The fourth-order valence-electron chi connectivity index (χ4n) is 12.3. The molecule has 11 heterocycles. The van der Waals surface area contributed by atoms with E-state index in [1.165, 1.54) is 0 Å². The minimum absolute atomic E-state index is 0.0771. The summed E-state index contributed by atoms with van der Waals surface area (Å²) in [5, 5.41) is 18.3. The summed E-state index contributed by atoms with van der Waals surface area (Å²) in [5.41, 5.74) is 8.32. The van der Waals surface area contributed by atoms with Crippen LogP contribution in [0.5, 0.6) is 17.6 Å². The molecule has 6 aliphatic rings. The lowest BCUT2D eigenvalue weighted by Gasteiger charge is -2.49. The normalized spacial score (nSPS) is 16.8. The second kappa shape index (κ2) is 24.9. The topological polar surface area (TPSA) is 160 Å². The van der Waals surface area contributed by atoms with Crippen LogP contribution in [0.15, 0.2) is 115 Å². The van der Waals surface area contributed by atoms with Crippen molar-refractivity contribution >= 4 is 51.6 Å². The third-order valence-electron chi connectivity index (χ3n) is 16.8. The number of methoxy groups -OCH3 is 3. The Labute approximate surface area is 497 Å². The number of ether oxygens (including phenoxy) is 3. The number of fused-ring (bicyclic) bond motifs is 3. The Kier molecular flexibility index (Phi) is 16.7. The van der Waals surface area contributed by atoms with Crippen LogP contribution in [-0.2, 0) is 19.3 Å². The van der Waals surface area contributed by atoms with Crippen molar-refractivity contribution in [2.24, 2.45) is 4.99 Å². The molecule has 19 nitrogen and oxygen atoms in total. The largest absolute Gasteiger partial charge is 0.481 e. The number of amidine groups is 1. The molecule has 3 aromatic carbocycles. The Bertz CT molecular complexity index is 3480. The third-order valence-corrected chi connectivity index (χ3v) is 17.5. The van der Waals surface area contributed by atoms with E-state index in [4.69, 9.17) is 19.2 Å². The van der Waals surface area contributed by atoms with Crippen molar-refractivity contribution in [2.45, 2.75) is 70.5 Å². The number of aromatic nitrogens is 9. The first kappa shape index (κ1) is 56.9. The van der Waals surface area contributed by atoms with Gasteiger partial charge in [0.1, 0.15) is 29.1 Å². The molecule has 0 unspecified atom stereocenters. The number of hydrogen-bond acceptors (Lipinski definition) is 17. The number of likely N-dealkylation sites (tertiary alicyclic amines) is 1. The van der Waals surface area contributed by atoms with Crippen LogP contribution in [0.4, 0.5) is 47.8 Å².